The highest BCUT2D eigenvalue weighted by molar-refractivity contribution is 4.86. The van der Waals surface area contributed by atoms with Gasteiger partial charge in [-0.25, -0.2) is 0 Å². The Hall–Kier alpha value is -0.160. The molecule has 2 N–H and O–H groups in total. The van der Waals surface area contributed by atoms with Gasteiger partial charge in [0, 0.05) is 25.7 Å². The molecule has 1 saturated carbocycles. The van der Waals surface area contributed by atoms with Crippen molar-refractivity contribution in [2.24, 2.45) is 0 Å². The molecule has 0 amide bonds. The Labute approximate surface area is 97.9 Å². The van der Waals surface area contributed by atoms with E-state index in [0.29, 0.717) is 6.04 Å². The highest BCUT2D eigenvalue weighted by atomic mass is 16.3. The molecule has 4 nitrogen and oxygen atoms in total. The Kier molecular flexibility index (Phi) is 4.58. The van der Waals surface area contributed by atoms with E-state index in [-0.39, 0.29) is 12.7 Å². The lowest BCUT2D eigenvalue weighted by molar-refractivity contribution is 0.0723. The normalized spacial score (nSPS) is 34.1. The fourth-order valence-electron chi connectivity index (χ4n) is 3.03. The lowest BCUT2D eigenvalue weighted by Crippen LogP contribution is -2.42. The summed E-state index contributed by atoms with van der Waals surface area (Å²) < 4.78 is 0. The molecule has 0 radical (unpaired) electrons. The summed E-state index contributed by atoms with van der Waals surface area (Å²) in [5, 5.41) is 18.8. The average molecular weight is 228 g/mol. The van der Waals surface area contributed by atoms with Gasteiger partial charge in [0.2, 0.25) is 0 Å². The van der Waals surface area contributed by atoms with E-state index in [9.17, 15) is 5.11 Å². The molecule has 0 bridgehead atoms. The molecule has 0 spiro atoms. The second-order valence-electron chi connectivity index (χ2n) is 5.02. The van der Waals surface area contributed by atoms with E-state index in [4.69, 9.17) is 5.11 Å². The lowest BCUT2D eigenvalue weighted by atomic mass is 10.1. The second-order valence-corrected chi connectivity index (χ2v) is 5.02. The van der Waals surface area contributed by atoms with Crippen LogP contribution in [0.2, 0.25) is 0 Å². The van der Waals surface area contributed by atoms with E-state index in [2.05, 4.69) is 9.80 Å². The third kappa shape index (κ3) is 2.94. The van der Waals surface area contributed by atoms with Crippen LogP contribution in [0.15, 0.2) is 0 Å². The Bertz CT molecular complexity index is 213. The van der Waals surface area contributed by atoms with Crippen LogP contribution in [0, 0.1) is 0 Å². The zero-order valence-electron chi connectivity index (χ0n) is 10.0. The maximum atomic E-state index is 9.91. The smallest absolute Gasteiger partial charge is 0.0695 e. The molecule has 94 valence electrons. The Balaban J connectivity index is 1.83. The van der Waals surface area contributed by atoms with Crippen molar-refractivity contribution in [3.05, 3.63) is 0 Å². The molecule has 1 aliphatic carbocycles. The van der Waals surface area contributed by atoms with Crippen LogP contribution in [0.5, 0.6) is 0 Å². The molecule has 2 aliphatic rings. The minimum Gasteiger partial charge on any atom is -0.395 e. The number of hydrogen-bond acceptors (Lipinski definition) is 4. The van der Waals surface area contributed by atoms with Gasteiger partial charge in [0.15, 0.2) is 0 Å². The van der Waals surface area contributed by atoms with Crippen LogP contribution in [0.3, 0.4) is 0 Å². The molecule has 2 unspecified atom stereocenters. The van der Waals surface area contributed by atoms with E-state index in [1.807, 2.05) is 0 Å². The third-order valence-electron chi connectivity index (χ3n) is 3.95. The number of aliphatic hydroxyl groups excluding tert-OH is 2. The van der Waals surface area contributed by atoms with Crippen LogP contribution in [-0.2, 0) is 0 Å². The molecule has 2 rings (SSSR count). The largest absolute Gasteiger partial charge is 0.395 e. The van der Waals surface area contributed by atoms with Gasteiger partial charge >= 0.3 is 0 Å². The van der Waals surface area contributed by atoms with Gasteiger partial charge in [-0.05, 0) is 38.8 Å². The van der Waals surface area contributed by atoms with E-state index < -0.39 is 0 Å². The Morgan fingerprint density at radius 3 is 2.56 bits per heavy atom. The van der Waals surface area contributed by atoms with Gasteiger partial charge in [-0.3, -0.25) is 9.80 Å². The lowest BCUT2D eigenvalue weighted by Gasteiger charge is -2.29. The topological polar surface area (TPSA) is 46.9 Å². The molecule has 2 atom stereocenters. The van der Waals surface area contributed by atoms with E-state index >= 15 is 0 Å². The van der Waals surface area contributed by atoms with Crippen molar-refractivity contribution in [2.75, 3.05) is 39.3 Å². The molecule has 16 heavy (non-hydrogen) atoms. The van der Waals surface area contributed by atoms with Crippen LogP contribution in [-0.4, -0.2) is 71.5 Å². The predicted molar refractivity (Wildman–Crippen MR) is 63.4 cm³/mol. The van der Waals surface area contributed by atoms with Crippen molar-refractivity contribution in [3.63, 3.8) is 0 Å². The second kappa shape index (κ2) is 5.96. The van der Waals surface area contributed by atoms with Crippen LogP contribution >= 0.6 is 0 Å². The molecule has 4 heteroatoms. The first-order chi connectivity index (χ1) is 7.81. The fraction of sp³-hybridized carbons (Fsp3) is 1.00. The number of rotatable bonds is 3. The average Bonchev–Trinajstić information content (AvgIpc) is 2.57. The van der Waals surface area contributed by atoms with Gasteiger partial charge in [0.1, 0.15) is 0 Å². The number of nitrogens with zero attached hydrogens (tertiary/aromatic N) is 2. The number of β-amino-alcohol motifs (C(OH)–C–C–N with tert-alkyl or cyclic N) is 1. The van der Waals surface area contributed by atoms with Crippen molar-refractivity contribution in [2.45, 2.75) is 37.8 Å². The van der Waals surface area contributed by atoms with Crippen molar-refractivity contribution in [1.82, 2.24) is 9.80 Å². The molecular weight excluding hydrogens is 204 g/mol. The predicted octanol–water partition coefficient (Wildman–Crippen LogP) is -0.100. The summed E-state index contributed by atoms with van der Waals surface area (Å²) in [5.74, 6) is 0. The van der Waals surface area contributed by atoms with Crippen molar-refractivity contribution in [1.29, 1.82) is 0 Å². The molecule has 1 heterocycles. The summed E-state index contributed by atoms with van der Waals surface area (Å²) >= 11 is 0. The fourth-order valence-corrected chi connectivity index (χ4v) is 3.03. The van der Waals surface area contributed by atoms with Gasteiger partial charge in [-0.1, -0.05) is 0 Å². The van der Waals surface area contributed by atoms with Crippen LogP contribution in [0.4, 0.5) is 0 Å². The molecular formula is C12H24N2O2. The number of aliphatic hydroxyl groups is 2. The maximum Gasteiger partial charge on any atom is 0.0695 e. The van der Waals surface area contributed by atoms with E-state index in [1.165, 1.54) is 6.42 Å². The third-order valence-corrected chi connectivity index (χ3v) is 3.95. The zero-order valence-corrected chi connectivity index (χ0v) is 10.0. The molecule has 1 saturated heterocycles. The van der Waals surface area contributed by atoms with Gasteiger partial charge in [0.25, 0.3) is 0 Å². The highest BCUT2D eigenvalue weighted by Gasteiger charge is 2.31. The van der Waals surface area contributed by atoms with E-state index in [1.54, 1.807) is 0 Å². The zero-order chi connectivity index (χ0) is 11.4. The van der Waals surface area contributed by atoms with Crippen LogP contribution in [0.1, 0.15) is 25.7 Å². The van der Waals surface area contributed by atoms with Crippen LogP contribution < -0.4 is 0 Å². The monoisotopic (exact) mass is 228 g/mol. The molecule has 0 aromatic rings. The van der Waals surface area contributed by atoms with Gasteiger partial charge < -0.3 is 10.2 Å². The molecule has 0 aromatic heterocycles. The quantitative estimate of drug-likeness (QED) is 0.708. The van der Waals surface area contributed by atoms with Crippen molar-refractivity contribution in [3.8, 4) is 0 Å². The summed E-state index contributed by atoms with van der Waals surface area (Å²) in [6.45, 7) is 5.31. The standard InChI is InChI=1S/C12H24N2O2/c15-10-9-13-5-2-6-14(8-7-13)11-3-1-4-12(11)16/h11-12,15-16H,1-10H2. The van der Waals surface area contributed by atoms with Gasteiger partial charge in [0.05, 0.1) is 12.7 Å². The molecule has 2 fully saturated rings. The van der Waals surface area contributed by atoms with Gasteiger partial charge in [-0.2, -0.15) is 0 Å². The van der Waals surface area contributed by atoms with Gasteiger partial charge in [-0.15, -0.1) is 0 Å². The first-order valence-corrected chi connectivity index (χ1v) is 6.56. The number of hydrogen-bond donors (Lipinski definition) is 2. The molecule has 1 aliphatic heterocycles. The first-order valence-electron chi connectivity index (χ1n) is 6.56. The minimum absolute atomic E-state index is 0.107. The Morgan fingerprint density at radius 1 is 1.00 bits per heavy atom. The maximum absolute atomic E-state index is 9.91. The van der Waals surface area contributed by atoms with E-state index in [0.717, 1.165) is 52.0 Å². The first kappa shape index (κ1) is 12.3. The van der Waals surface area contributed by atoms with Crippen LogP contribution in [0.25, 0.3) is 0 Å². The summed E-state index contributed by atoms with van der Waals surface area (Å²) in [6, 6.07) is 0.397. The summed E-state index contributed by atoms with van der Waals surface area (Å²) in [7, 11) is 0. The van der Waals surface area contributed by atoms with Crippen molar-refractivity contribution >= 4 is 0 Å². The minimum atomic E-state index is -0.107. The Morgan fingerprint density at radius 2 is 1.88 bits per heavy atom. The van der Waals surface area contributed by atoms with Crippen molar-refractivity contribution < 1.29 is 10.2 Å². The summed E-state index contributed by atoms with van der Waals surface area (Å²) in [4.78, 5) is 4.77. The summed E-state index contributed by atoms with van der Waals surface area (Å²) in [6.07, 6.45) is 4.35. The SMILES string of the molecule is OCCN1CCCN(C2CCCC2O)CC1. The summed E-state index contributed by atoms with van der Waals surface area (Å²) in [5.41, 5.74) is 0. The molecule has 0 aromatic carbocycles. The highest BCUT2D eigenvalue weighted by Crippen LogP contribution is 2.24.